The van der Waals surface area contributed by atoms with Gasteiger partial charge >= 0.3 is 0 Å². The number of likely N-dealkylation sites (tertiary alicyclic amines) is 1. The number of piperidine rings is 1. The van der Waals surface area contributed by atoms with Crippen molar-refractivity contribution in [1.29, 1.82) is 0 Å². The van der Waals surface area contributed by atoms with Crippen LogP contribution in [-0.4, -0.2) is 40.1 Å². The second-order valence-electron chi connectivity index (χ2n) is 9.81. The van der Waals surface area contributed by atoms with Crippen LogP contribution in [0.4, 0.5) is 0 Å². The quantitative estimate of drug-likeness (QED) is 0.708. The Balaban J connectivity index is 1.16. The summed E-state index contributed by atoms with van der Waals surface area (Å²) in [6, 6.07) is 0.591. The molecular weight excluding hydrogens is 334 g/mol. The highest BCUT2D eigenvalue weighted by Crippen LogP contribution is 2.61. The number of Topliss-reactive ketones (excluding diaryl/α,β-unsaturated/α-hetero) is 1. The first kappa shape index (κ1) is 19.2. The zero-order valence-corrected chi connectivity index (χ0v) is 17.5. The third kappa shape index (κ3) is 3.87. The van der Waals surface area contributed by atoms with Gasteiger partial charge in [-0.15, -0.1) is 0 Å². The van der Waals surface area contributed by atoms with Crippen molar-refractivity contribution in [1.82, 2.24) is 14.7 Å². The minimum Gasteiger partial charge on any atom is -0.303 e. The van der Waals surface area contributed by atoms with Crippen molar-refractivity contribution < 1.29 is 4.79 Å². The molecule has 2 aliphatic carbocycles. The van der Waals surface area contributed by atoms with Crippen molar-refractivity contribution in [3.8, 4) is 0 Å². The molecule has 0 N–H and O–H groups in total. The molecule has 0 radical (unpaired) electrons. The highest BCUT2D eigenvalue weighted by Gasteiger charge is 2.54. The number of nitrogens with zero attached hydrogens (tertiary/aromatic N) is 3. The number of carbonyl (C=O) groups excluding carboxylic acids is 1. The predicted molar refractivity (Wildman–Crippen MR) is 109 cm³/mol. The van der Waals surface area contributed by atoms with Crippen LogP contribution in [-0.2, 0) is 11.2 Å². The summed E-state index contributed by atoms with van der Waals surface area (Å²) in [5, 5.41) is 4.57. The molecule has 150 valence electrons. The standard InChI is InChI=1S/C23H37N3O/c1-4-17(3)22(27)20-12-23(13-20)10-19(11-23)15-25-8-6-21(7-9-25)26-16-18(5-2)14-24-26/h14,16-17,19-21H,4-13,15H2,1-3H3/t17?,19-,20-,23?. The zero-order valence-electron chi connectivity index (χ0n) is 17.5. The summed E-state index contributed by atoms with van der Waals surface area (Å²) in [6.07, 6.45) is 13.9. The van der Waals surface area contributed by atoms with Crippen LogP contribution < -0.4 is 0 Å². The van der Waals surface area contributed by atoms with Gasteiger partial charge in [0.15, 0.2) is 0 Å². The van der Waals surface area contributed by atoms with Crippen molar-refractivity contribution in [3.05, 3.63) is 18.0 Å². The molecule has 27 heavy (non-hydrogen) atoms. The van der Waals surface area contributed by atoms with E-state index in [4.69, 9.17) is 0 Å². The largest absolute Gasteiger partial charge is 0.303 e. The molecule has 0 amide bonds. The van der Waals surface area contributed by atoms with Gasteiger partial charge in [-0.25, -0.2) is 0 Å². The Morgan fingerprint density at radius 2 is 1.93 bits per heavy atom. The topological polar surface area (TPSA) is 38.1 Å². The Kier molecular flexibility index (Phi) is 5.46. The van der Waals surface area contributed by atoms with E-state index in [1.54, 1.807) is 0 Å². The summed E-state index contributed by atoms with van der Waals surface area (Å²) in [5.74, 6) is 2.07. The monoisotopic (exact) mass is 371 g/mol. The van der Waals surface area contributed by atoms with Gasteiger partial charge < -0.3 is 4.90 Å². The van der Waals surface area contributed by atoms with Crippen LogP contribution in [0.25, 0.3) is 0 Å². The average Bonchev–Trinajstić information content (AvgIpc) is 3.11. The van der Waals surface area contributed by atoms with Crippen molar-refractivity contribution in [2.75, 3.05) is 19.6 Å². The van der Waals surface area contributed by atoms with Gasteiger partial charge in [0.1, 0.15) is 5.78 Å². The van der Waals surface area contributed by atoms with E-state index in [1.165, 1.54) is 63.7 Å². The molecule has 4 heteroatoms. The maximum absolute atomic E-state index is 12.3. The molecule has 4 rings (SSSR count). The molecule has 1 atom stereocenters. The van der Waals surface area contributed by atoms with Crippen molar-refractivity contribution >= 4 is 5.78 Å². The molecule has 0 aromatic carbocycles. The van der Waals surface area contributed by atoms with Gasteiger partial charge in [0.2, 0.25) is 0 Å². The number of aryl methyl sites for hydroxylation is 1. The summed E-state index contributed by atoms with van der Waals surface area (Å²) >= 11 is 0. The summed E-state index contributed by atoms with van der Waals surface area (Å²) in [4.78, 5) is 15.0. The molecule has 1 saturated heterocycles. The van der Waals surface area contributed by atoms with Crippen LogP contribution >= 0.6 is 0 Å². The summed E-state index contributed by atoms with van der Waals surface area (Å²) in [5.41, 5.74) is 1.91. The van der Waals surface area contributed by atoms with Crippen LogP contribution in [0.3, 0.4) is 0 Å². The third-order valence-corrected chi connectivity index (χ3v) is 7.81. The Morgan fingerprint density at radius 3 is 2.52 bits per heavy atom. The van der Waals surface area contributed by atoms with E-state index in [2.05, 4.69) is 41.6 Å². The van der Waals surface area contributed by atoms with Gasteiger partial charge in [0, 0.05) is 37.7 Å². The van der Waals surface area contributed by atoms with E-state index in [1.807, 2.05) is 6.20 Å². The fourth-order valence-electron chi connectivity index (χ4n) is 5.91. The van der Waals surface area contributed by atoms with Gasteiger partial charge in [-0.1, -0.05) is 20.8 Å². The zero-order chi connectivity index (χ0) is 19.0. The molecule has 3 aliphatic rings. The highest BCUT2D eigenvalue weighted by atomic mass is 16.1. The van der Waals surface area contributed by atoms with Gasteiger partial charge in [0.05, 0.1) is 12.2 Å². The first-order chi connectivity index (χ1) is 13.0. The molecule has 1 unspecified atom stereocenters. The summed E-state index contributed by atoms with van der Waals surface area (Å²) < 4.78 is 2.21. The first-order valence-corrected chi connectivity index (χ1v) is 11.3. The van der Waals surface area contributed by atoms with Crippen LogP contribution in [0.1, 0.15) is 77.3 Å². The maximum atomic E-state index is 12.3. The molecule has 1 spiro atoms. The fourth-order valence-corrected chi connectivity index (χ4v) is 5.91. The van der Waals surface area contributed by atoms with Crippen LogP contribution in [0.15, 0.2) is 12.4 Å². The van der Waals surface area contributed by atoms with E-state index < -0.39 is 0 Å². The SMILES string of the molecule is CCc1cnn(C2CCN(C[C@H]3CC4(C3)C[C@H](C(=O)C(C)CC)C4)CC2)c1. The number of rotatable bonds is 7. The molecule has 1 aromatic rings. The van der Waals surface area contributed by atoms with Crippen molar-refractivity contribution in [2.45, 2.75) is 78.2 Å². The number of hydrogen-bond acceptors (Lipinski definition) is 3. The van der Waals surface area contributed by atoms with E-state index in [9.17, 15) is 4.79 Å². The highest BCUT2D eigenvalue weighted by molar-refractivity contribution is 5.84. The molecule has 1 aromatic heterocycles. The minimum atomic E-state index is 0.271. The molecular formula is C23H37N3O. The van der Waals surface area contributed by atoms with Gasteiger partial charge in [-0.3, -0.25) is 9.48 Å². The summed E-state index contributed by atoms with van der Waals surface area (Å²) in [6.45, 7) is 10.1. The van der Waals surface area contributed by atoms with E-state index in [0.717, 1.165) is 18.8 Å². The lowest BCUT2D eigenvalue weighted by atomic mass is 9.47. The van der Waals surface area contributed by atoms with E-state index >= 15 is 0 Å². The average molecular weight is 372 g/mol. The van der Waals surface area contributed by atoms with E-state index in [-0.39, 0.29) is 5.92 Å². The Labute approximate surface area is 164 Å². The second-order valence-corrected chi connectivity index (χ2v) is 9.81. The molecule has 2 saturated carbocycles. The van der Waals surface area contributed by atoms with Gasteiger partial charge in [-0.2, -0.15) is 5.10 Å². The van der Waals surface area contributed by atoms with Crippen LogP contribution in [0.2, 0.25) is 0 Å². The number of aromatic nitrogens is 2. The first-order valence-electron chi connectivity index (χ1n) is 11.3. The van der Waals surface area contributed by atoms with Crippen LogP contribution in [0, 0.1) is 23.2 Å². The normalized spacial score (nSPS) is 32.9. The molecule has 4 nitrogen and oxygen atoms in total. The van der Waals surface area contributed by atoms with E-state index in [0.29, 0.717) is 23.2 Å². The number of carbonyl (C=O) groups is 1. The van der Waals surface area contributed by atoms with Gasteiger partial charge in [-0.05, 0) is 68.3 Å². The second kappa shape index (κ2) is 7.69. The molecule has 0 bridgehead atoms. The smallest absolute Gasteiger partial charge is 0.138 e. The summed E-state index contributed by atoms with van der Waals surface area (Å²) in [7, 11) is 0. The lowest BCUT2D eigenvalue weighted by Crippen LogP contribution is -2.53. The Morgan fingerprint density at radius 1 is 1.22 bits per heavy atom. The number of hydrogen-bond donors (Lipinski definition) is 0. The number of ketones is 1. The Hall–Kier alpha value is -1.16. The minimum absolute atomic E-state index is 0.271. The molecule has 2 heterocycles. The van der Waals surface area contributed by atoms with Gasteiger partial charge in [0.25, 0.3) is 0 Å². The van der Waals surface area contributed by atoms with Crippen LogP contribution in [0.5, 0.6) is 0 Å². The maximum Gasteiger partial charge on any atom is 0.138 e. The lowest BCUT2D eigenvalue weighted by Gasteiger charge is -2.58. The van der Waals surface area contributed by atoms with Crippen molar-refractivity contribution in [3.63, 3.8) is 0 Å². The predicted octanol–water partition coefficient (Wildman–Crippen LogP) is 4.50. The molecule has 3 fully saturated rings. The lowest BCUT2D eigenvalue weighted by molar-refractivity contribution is -0.143. The third-order valence-electron chi connectivity index (χ3n) is 7.81. The fraction of sp³-hybridized carbons (Fsp3) is 0.826. The Bertz CT molecular complexity index is 644. The van der Waals surface area contributed by atoms with Crippen molar-refractivity contribution in [2.24, 2.45) is 23.2 Å². The molecule has 1 aliphatic heterocycles.